The van der Waals surface area contributed by atoms with Crippen LogP contribution >= 0.6 is 11.6 Å². The highest BCUT2D eigenvalue weighted by molar-refractivity contribution is 6.31. The Morgan fingerprint density at radius 2 is 1.89 bits per heavy atom. The molecule has 0 fully saturated rings. The Morgan fingerprint density at radius 1 is 1.15 bits per heavy atom. The van der Waals surface area contributed by atoms with E-state index in [4.69, 9.17) is 11.6 Å². The highest BCUT2D eigenvalue weighted by Gasteiger charge is 2.14. The number of rotatable bonds is 7. The average Bonchev–Trinajstić information content (AvgIpc) is 2.64. The van der Waals surface area contributed by atoms with Crippen LogP contribution < -0.4 is 16.0 Å². The molecule has 0 aliphatic rings. The number of hydrogen-bond donors (Lipinski definition) is 3. The van der Waals surface area contributed by atoms with Gasteiger partial charge in [0.25, 0.3) is 5.91 Å². The van der Waals surface area contributed by atoms with E-state index in [2.05, 4.69) is 10.6 Å². The Morgan fingerprint density at radius 3 is 2.59 bits per heavy atom. The van der Waals surface area contributed by atoms with Crippen LogP contribution in [0.25, 0.3) is 0 Å². The summed E-state index contributed by atoms with van der Waals surface area (Å²) < 4.78 is 26.2. The van der Waals surface area contributed by atoms with Crippen LogP contribution in [-0.2, 0) is 9.59 Å². The van der Waals surface area contributed by atoms with Crippen molar-refractivity contribution in [1.29, 1.82) is 0 Å². The summed E-state index contributed by atoms with van der Waals surface area (Å²) in [6, 6.07) is 8.55. The van der Waals surface area contributed by atoms with Crippen LogP contribution in [0.5, 0.6) is 0 Å². The predicted molar refractivity (Wildman–Crippen MR) is 99.4 cm³/mol. The van der Waals surface area contributed by atoms with E-state index in [1.165, 1.54) is 6.07 Å². The van der Waals surface area contributed by atoms with Crippen molar-refractivity contribution in [3.05, 3.63) is 64.2 Å². The largest absolute Gasteiger partial charge is 0.342 e. The first-order chi connectivity index (χ1) is 12.8. The van der Waals surface area contributed by atoms with E-state index >= 15 is 0 Å². The Hall–Kier alpha value is -2.51. The molecule has 5 nitrogen and oxygen atoms in total. The van der Waals surface area contributed by atoms with Crippen LogP contribution in [0.2, 0.25) is 5.02 Å². The van der Waals surface area contributed by atoms with Gasteiger partial charge in [0.2, 0.25) is 5.91 Å². The van der Waals surface area contributed by atoms with Gasteiger partial charge in [-0.3, -0.25) is 9.59 Å². The maximum atomic E-state index is 13.3. The summed E-state index contributed by atoms with van der Waals surface area (Å²) in [4.78, 5) is 23.9. The van der Waals surface area contributed by atoms with Gasteiger partial charge in [-0.1, -0.05) is 17.7 Å². The number of quaternary nitrogens is 1. The molecule has 2 amide bonds. The van der Waals surface area contributed by atoms with Gasteiger partial charge in [0.15, 0.2) is 18.2 Å². The Bertz CT molecular complexity index is 846. The molecule has 0 aromatic heterocycles. The molecule has 0 aliphatic heterocycles. The van der Waals surface area contributed by atoms with Crippen molar-refractivity contribution in [2.24, 2.45) is 0 Å². The van der Waals surface area contributed by atoms with Gasteiger partial charge in [0.1, 0.15) is 6.04 Å². The molecule has 1 atom stereocenters. The summed E-state index contributed by atoms with van der Waals surface area (Å²) in [6.07, 6.45) is 0. The third-order valence-corrected chi connectivity index (χ3v) is 4.52. The van der Waals surface area contributed by atoms with Crippen molar-refractivity contribution in [3.63, 3.8) is 0 Å². The molecule has 2 aromatic rings. The number of halogens is 3. The molecule has 0 bridgehead atoms. The minimum Gasteiger partial charge on any atom is -0.342 e. The maximum absolute atomic E-state index is 13.3. The molecule has 8 heteroatoms. The van der Waals surface area contributed by atoms with Gasteiger partial charge in [-0.2, -0.15) is 0 Å². The first-order valence-corrected chi connectivity index (χ1v) is 8.75. The van der Waals surface area contributed by atoms with Crippen LogP contribution in [-0.4, -0.2) is 24.9 Å². The van der Waals surface area contributed by atoms with Crippen LogP contribution in [0, 0.1) is 18.6 Å². The fourth-order valence-electron chi connectivity index (χ4n) is 2.40. The molecule has 27 heavy (non-hydrogen) atoms. The standard InChI is InChI=1S/C19H20ClF2N3O2/c1-11-14(20)4-3-5-17(11)25-19(27)10-24-18(26)9-23-12(2)13-6-7-15(21)16(22)8-13/h3-8,12,23H,9-10H2,1-2H3,(H,24,26)(H,25,27)/p+1/t12-/m0/s1. The Kier molecular flexibility index (Phi) is 7.27. The lowest BCUT2D eigenvalue weighted by Crippen LogP contribution is -2.87. The fraction of sp³-hybridized carbons (Fsp3) is 0.263. The number of benzene rings is 2. The van der Waals surface area contributed by atoms with Gasteiger partial charge in [-0.25, -0.2) is 8.78 Å². The Balaban J connectivity index is 1.77. The first kappa shape index (κ1) is 20.8. The van der Waals surface area contributed by atoms with Gasteiger partial charge >= 0.3 is 0 Å². The molecule has 0 radical (unpaired) electrons. The summed E-state index contributed by atoms with van der Waals surface area (Å²) in [5.41, 5.74) is 1.89. The third-order valence-electron chi connectivity index (χ3n) is 4.11. The van der Waals surface area contributed by atoms with Crippen molar-refractivity contribution in [2.45, 2.75) is 19.9 Å². The van der Waals surface area contributed by atoms with Crippen molar-refractivity contribution >= 4 is 29.1 Å². The molecule has 0 saturated heterocycles. The monoisotopic (exact) mass is 396 g/mol. The van der Waals surface area contributed by atoms with E-state index in [1.54, 1.807) is 37.4 Å². The number of nitrogens with one attached hydrogen (secondary N) is 2. The summed E-state index contributed by atoms with van der Waals surface area (Å²) in [5.74, 6) is -2.56. The molecule has 2 rings (SSSR count). The van der Waals surface area contributed by atoms with Crippen LogP contribution in [0.1, 0.15) is 24.1 Å². The number of carbonyl (C=O) groups is 2. The van der Waals surface area contributed by atoms with E-state index in [0.717, 1.165) is 17.7 Å². The summed E-state index contributed by atoms with van der Waals surface area (Å²) >= 11 is 6.00. The summed E-state index contributed by atoms with van der Waals surface area (Å²) in [5, 5.41) is 7.41. The van der Waals surface area contributed by atoms with Crippen LogP contribution in [0.4, 0.5) is 14.5 Å². The van der Waals surface area contributed by atoms with E-state index < -0.39 is 11.6 Å². The molecule has 0 heterocycles. The first-order valence-electron chi connectivity index (χ1n) is 8.38. The lowest BCUT2D eigenvalue weighted by atomic mass is 10.1. The summed E-state index contributed by atoms with van der Waals surface area (Å²) in [7, 11) is 0. The molecule has 0 unspecified atom stereocenters. The topological polar surface area (TPSA) is 74.8 Å². The second kappa shape index (κ2) is 9.43. The van der Waals surface area contributed by atoms with E-state index in [-0.39, 0.29) is 30.9 Å². The molecule has 0 spiro atoms. The average molecular weight is 397 g/mol. The highest BCUT2D eigenvalue weighted by atomic mass is 35.5. The molecule has 0 aliphatic carbocycles. The molecule has 0 saturated carbocycles. The highest BCUT2D eigenvalue weighted by Crippen LogP contribution is 2.22. The molecule has 144 valence electrons. The van der Waals surface area contributed by atoms with Crippen molar-refractivity contribution in [1.82, 2.24) is 5.32 Å². The van der Waals surface area contributed by atoms with Crippen LogP contribution in [0.15, 0.2) is 36.4 Å². The number of anilines is 1. The van der Waals surface area contributed by atoms with Crippen LogP contribution in [0.3, 0.4) is 0 Å². The summed E-state index contributed by atoms with van der Waals surface area (Å²) in [6.45, 7) is 3.42. The smallest absolute Gasteiger partial charge is 0.275 e. The minimum atomic E-state index is -0.926. The molecular formula is C19H21ClF2N3O2+. The molecular weight excluding hydrogens is 376 g/mol. The lowest BCUT2D eigenvalue weighted by Gasteiger charge is -2.12. The third kappa shape index (κ3) is 6.01. The second-order valence-corrected chi connectivity index (χ2v) is 6.55. The van der Waals surface area contributed by atoms with Gasteiger partial charge in [-0.05, 0) is 49.7 Å². The lowest BCUT2D eigenvalue weighted by molar-refractivity contribution is -0.682. The number of amides is 2. The van der Waals surface area contributed by atoms with Crippen molar-refractivity contribution in [3.8, 4) is 0 Å². The van der Waals surface area contributed by atoms with E-state index in [0.29, 0.717) is 16.3 Å². The quantitative estimate of drug-likeness (QED) is 0.671. The molecule has 2 aromatic carbocycles. The van der Waals surface area contributed by atoms with Gasteiger partial charge in [-0.15, -0.1) is 0 Å². The van der Waals surface area contributed by atoms with E-state index in [9.17, 15) is 18.4 Å². The maximum Gasteiger partial charge on any atom is 0.275 e. The van der Waals surface area contributed by atoms with Crippen molar-refractivity contribution in [2.75, 3.05) is 18.4 Å². The van der Waals surface area contributed by atoms with Gasteiger partial charge < -0.3 is 16.0 Å². The zero-order valence-corrected chi connectivity index (χ0v) is 15.7. The zero-order valence-electron chi connectivity index (χ0n) is 15.0. The Labute approximate surface area is 161 Å². The normalized spacial score (nSPS) is 11.7. The fourth-order valence-corrected chi connectivity index (χ4v) is 2.58. The molecule has 4 N–H and O–H groups in total. The van der Waals surface area contributed by atoms with E-state index in [1.807, 2.05) is 0 Å². The predicted octanol–water partition coefficient (Wildman–Crippen LogP) is 2.31. The SMILES string of the molecule is Cc1c(Cl)cccc1NC(=O)CNC(=O)C[NH2+][C@@H](C)c1ccc(F)c(F)c1. The zero-order chi connectivity index (χ0) is 20.0. The van der Waals surface area contributed by atoms with Gasteiger partial charge in [0, 0.05) is 16.3 Å². The van der Waals surface area contributed by atoms with Crippen molar-refractivity contribution < 1.29 is 23.7 Å². The number of carbonyl (C=O) groups excluding carboxylic acids is 2. The van der Waals surface area contributed by atoms with Gasteiger partial charge in [0.05, 0.1) is 6.54 Å². The second-order valence-electron chi connectivity index (χ2n) is 6.14. The minimum absolute atomic E-state index is 0.0453. The number of nitrogens with two attached hydrogens (primary N) is 1. The number of hydrogen-bond acceptors (Lipinski definition) is 2.